The summed E-state index contributed by atoms with van der Waals surface area (Å²) in [6.45, 7) is 7.80. The van der Waals surface area contributed by atoms with Crippen molar-refractivity contribution in [3.05, 3.63) is 0 Å². The van der Waals surface area contributed by atoms with Gasteiger partial charge in [-0.15, -0.1) is 0 Å². The zero-order chi connectivity index (χ0) is 10.1. The van der Waals surface area contributed by atoms with Crippen LogP contribution in [0.25, 0.3) is 0 Å². The molecule has 13 heavy (non-hydrogen) atoms. The lowest BCUT2D eigenvalue weighted by molar-refractivity contribution is 0.257. The van der Waals surface area contributed by atoms with Crippen molar-refractivity contribution >= 4 is 5.96 Å². The van der Waals surface area contributed by atoms with Gasteiger partial charge in [-0.3, -0.25) is 5.41 Å². The van der Waals surface area contributed by atoms with E-state index in [1.807, 2.05) is 4.90 Å². The highest BCUT2D eigenvalue weighted by molar-refractivity contribution is 5.79. The van der Waals surface area contributed by atoms with Crippen molar-refractivity contribution in [3.63, 3.8) is 0 Å². The van der Waals surface area contributed by atoms with E-state index >= 15 is 0 Å². The van der Waals surface area contributed by atoms with E-state index in [-0.39, 0.29) is 12.2 Å². The molecule has 0 aromatic rings. The molecule has 1 rings (SSSR count). The van der Waals surface area contributed by atoms with Gasteiger partial charge in [0.1, 0.15) is 6.67 Å². The molecule has 1 fully saturated rings. The fourth-order valence-corrected chi connectivity index (χ4v) is 1.58. The van der Waals surface area contributed by atoms with Gasteiger partial charge in [0.2, 0.25) is 0 Å². The van der Waals surface area contributed by atoms with E-state index in [0.29, 0.717) is 12.5 Å². The van der Waals surface area contributed by atoms with Crippen LogP contribution in [-0.4, -0.2) is 47.6 Å². The molecule has 0 aromatic heterocycles. The highest BCUT2D eigenvalue weighted by Crippen LogP contribution is 2.19. The first-order valence-electron chi connectivity index (χ1n) is 4.64. The predicted octanol–water partition coefficient (Wildman–Crippen LogP) is 1.31. The summed E-state index contributed by atoms with van der Waals surface area (Å²) in [6.07, 6.45) is 0. The summed E-state index contributed by atoms with van der Waals surface area (Å²) in [5.74, 6) is 0.463. The average molecular weight is 187 g/mol. The number of nitrogens with zero attached hydrogens (tertiary/aromatic N) is 2. The Balaban J connectivity index is 2.60. The second-order valence-electron chi connectivity index (χ2n) is 4.32. The molecule has 0 unspecified atom stereocenters. The Bertz CT molecular complexity index is 198. The van der Waals surface area contributed by atoms with Crippen molar-refractivity contribution in [2.45, 2.75) is 26.3 Å². The minimum absolute atomic E-state index is 0.0256. The van der Waals surface area contributed by atoms with Crippen molar-refractivity contribution in [2.75, 3.05) is 26.3 Å². The lowest BCUT2D eigenvalue weighted by Crippen LogP contribution is -2.44. The molecule has 4 heteroatoms. The maximum atomic E-state index is 12.1. The Morgan fingerprint density at radius 3 is 2.38 bits per heavy atom. The van der Waals surface area contributed by atoms with E-state index < -0.39 is 0 Å². The SMILES string of the molecule is CC(C)(C)N1CCN(CCF)C1=N. The first kappa shape index (κ1) is 10.3. The van der Waals surface area contributed by atoms with Gasteiger partial charge >= 0.3 is 0 Å². The van der Waals surface area contributed by atoms with E-state index in [1.54, 1.807) is 4.90 Å². The summed E-state index contributed by atoms with van der Waals surface area (Å²) in [4.78, 5) is 3.79. The van der Waals surface area contributed by atoms with Gasteiger partial charge in [-0.1, -0.05) is 0 Å². The molecule has 1 heterocycles. The number of nitrogens with one attached hydrogen (secondary N) is 1. The van der Waals surface area contributed by atoms with Gasteiger partial charge < -0.3 is 9.80 Å². The molecule has 0 amide bonds. The molecular formula is C9H18FN3. The minimum atomic E-state index is -0.375. The smallest absolute Gasteiger partial charge is 0.194 e. The Labute approximate surface area is 79.0 Å². The topological polar surface area (TPSA) is 30.3 Å². The van der Waals surface area contributed by atoms with E-state index in [4.69, 9.17) is 5.41 Å². The van der Waals surface area contributed by atoms with Crippen LogP contribution >= 0.6 is 0 Å². The molecule has 0 saturated carbocycles. The maximum absolute atomic E-state index is 12.1. The van der Waals surface area contributed by atoms with Crippen molar-refractivity contribution < 1.29 is 4.39 Å². The predicted molar refractivity (Wildman–Crippen MR) is 51.7 cm³/mol. The molecular weight excluding hydrogens is 169 g/mol. The zero-order valence-electron chi connectivity index (χ0n) is 8.60. The number of hydrogen-bond donors (Lipinski definition) is 1. The third-order valence-electron chi connectivity index (χ3n) is 2.31. The molecule has 0 bridgehead atoms. The van der Waals surface area contributed by atoms with Crippen LogP contribution in [-0.2, 0) is 0 Å². The Hall–Kier alpha value is -0.800. The number of guanidine groups is 1. The summed E-state index contributed by atoms with van der Waals surface area (Å²) in [6, 6.07) is 0. The van der Waals surface area contributed by atoms with Crippen molar-refractivity contribution in [1.82, 2.24) is 9.80 Å². The highest BCUT2D eigenvalue weighted by Gasteiger charge is 2.32. The minimum Gasteiger partial charge on any atom is -0.339 e. The summed E-state index contributed by atoms with van der Waals surface area (Å²) in [7, 11) is 0. The fraction of sp³-hybridized carbons (Fsp3) is 0.889. The molecule has 76 valence electrons. The normalized spacial score (nSPS) is 18.6. The van der Waals surface area contributed by atoms with Crippen molar-refractivity contribution in [1.29, 1.82) is 5.41 Å². The average Bonchev–Trinajstić information content (AvgIpc) is 2.32. The van der Waals surface area contributed by atoms with Gasteiger partial charge in [-0.2, -0.15) is 0 Å². The third kappa shape index (κ3) is 2.11. The lowest BCUT2D eigenvalue weighted by atomic mass is 10.1. The third-order valence-corrected chi connectivity index (χ3v) is 2.31. The fourth-order valence-electron chi connectivity index (χ4n) is 1.58. The molecule has 0 radical (unpaired) electrons. The van der Waals surface area contributed by atoms with Gasteiger partial charge in [-0.05, 0) is 20.8 Å². The molecule has 3 nitrogen and oxygen atoms in total. The van der Waals surface area contributed by atoms with Gasteiger partial charge in [0.05, 0.1) is 0 Å². The molecule has 0 aliphatic carbocycles. The number of alkyl halides is 1. The van der Waals surface area contributed by atoms with Crippen molar-refractivity contribution in [3.8, 4) is 0 Å². The summed E-state index contributed by atoms with van der Waals surface area (Å²) in [5, 5.41) is 7.81. The molecule has 1 saturated heterocycles. The second-order valence-corrected chi connectivity index (χ2v) is 4.32. The standard InChI is InChI=1S/C9H18FN3/c1-9(2,3)13-7-6-12(5-4-10)8(13)11/h11H,4-7H2,1-3H3. The quantitative estimate of drug-likeness (QED) is 0.706. The molecule has 0 spiro atoms. The second kappa shape index (κ2) is 3.52. The Kier molecular flexibility index (Phi) is 2.78. The van der Waals surface area contributed by atoms with Crippen LogP contribution in [0.2, 0.25) is 0 Å². The summed E-state index contributed by atoms with van der Waals surface area (Å²) < 4.78 is 12.1. The van der Waals surface area contributed by atoms with Crippen LogP contribution in [0.4, 0.5) is 4.39 Å². The number of halogens is 1. The monoisotopic (exact) mass is 187 g/mol. The van der Waals surface area contributed by atoms with E-state index in [2.05, 4.69) is 20.8 Å². The van der Waals surface area contributed by atoms with Crippen LogP contribution in [0.1, 0.15) is 20.8 Å². The molecule has 0 aromatic carbocycles. The number of rotatable bonds is 2. The summed E-state index contributed by atoms with van der Waals surface area (Å²) in [5.41, 5.74) is -0.0256. The Morgan fingerprint density at radius 1 is 1.38 bits per heavy atom. The van der Waals surface area contributed by atoms with Gasteiger partial charge in [0.25, 0.3) is 0 Å². The van der Waals surface area contributed by atoms with E-state index in [9.17, 15) is 4.39 Å². The van der Waals surface area contributed by atoms with Crippen LogP contribution < -0.4 is 0 Å². The highest BCUT2D eigenvalue weighted by atomic mass is 19.1. The largest absolute Gasteiger partial charge is 0.339 e. The van der Waals surface area contributed by atoms with Gasteiger partial charge in [-0.25, -0.2) is 4.39 Å². The first-order valence-corrected chi connectivity index (χ1v) is 4.64. The lowest BCUT2D eigenvalue weighted by Gasteiger charge is -2.33. The summed E-state index contributed by atoms with van der Waals surface area (Å²) >= 11 is 0. The number of hydrogen-bond acceptors (Lipinski definition) is 1. The van der Waals surface area contributed by atoms with E-state index in [0.717, 1.165) is 13.1 Å². The Morgan fingerprint density at radius 2 is 2.00 bits per heavy atom. The molecule has 1 N–H and O–H groups in total. The van der Waals surface area contributed by atoms with Crippen LogP contribution in [0.3, 0.4) is 0 Å². The zero-order valence-corrected chi connectivity index (χ0v) is 8.60. The first-order chi connectivity index (χ1) is 5.96. The van der Waals surface area contributed by atoms with Crippen LogP contribution in [0, 0.1) is 5.41 Å². The molecule has 1 aliphatic heterocycles. The van der Waals surface area contributed by atoms with Crippen LogP contribution in [0.15, 0.2) is 0 Å². The van der Waals surface area contributed by atoms with Crippen LogP contribution in [0.5, 0.6) is 0 Å². The maximum Gasteiger partial charge on any atom is 0.194 e. The van der Waals surface area contributed by atoms with E-state index in [1.165, 1.54) is 0 Å². The molecule has 0 atom stereocenters. The van der Waals surface area contributed by atoms with Crippen molar-refractivity contribution in [2.24, 2.45) is 0 Å². The van der Waals surface area contributed by atoms with Gasteiger partial charge in [0.15, 0.2) is 5.96 Å². The van der Waals surface area contributed by atoms with Gasteiger partial charge in [0, 0.05) is 25.2 Å². The molecule has 1 aliphatic rings.